The quantitative estimate of drug-likeness (QED) is 0.509. The standard InChI is InChI=1S/C19H28N4O5/c1-19(2,3)28-18(26)22-13-7-8-23(11-13)15-9-12(5-6-14(15)20)17(25)21-10-16(24)27-4/h5-6,9,13H,7-8,10-11,20H2,1-4H3,(H,21,25)(H,22,26)/t13-/m0/s1. The lowest BCUT2D eigenvalue weighted by atomic mass is 10.1. The molecule has 154 valence electrons. The number of carbonyl (C=O) groups excluding carboxylic acids is 3. The van der Waals surface area contributed by atoms with E-state index in [0.717, 1.165) is 6.42 Å². The van der Waals surface area contributed by atoms with Crippen molar-refractivity contribution in [1.29, 1.82) is 0 Å². The molecule has 9 heteroatoms. The van der Waals surface area contributed by atoms with E-state index in [1.165, 1.54) is 7.11 Å². The molecule has 0 saturated carbocycles. The van der Waals surface area contributed by atoms with Crippen LogP contribution in [0, 0.1) is 0 Å². The molecule has 4 N–H and O–H groups in total. The number of esters is 1. The highest BCUT2D eigenvalue weighted by Gasteiger charge is 2.27. The predicted molar refractivity (Wildman–Crippen MR) is 105 cm³/mol. The Bertz CT molecular complexity index is 744. The van der Waals surface area contributed by atoms with E-state index in [1.807, 2.05) is 25.7 Å². The number of nitrogen functional groups attached to an aromatic ring is 1. The van der Waals surface area contributed by atoms with Gasteiger partial charge in [-0.25, -0.2) is 4.79 Å². The fraction of sp³-hybridized carbons (Fsp3) is 0.526. The lowest BCUT2D eigenvalue weighted by molar-refractivity contribution is -0.139. The number of hydrogen-bond acceptors (Lipinski definition) is 7. The summed E-state index contributed by atoms with van der Waals surface area (Å²) in [6.07, 6.45) is 0.278. The van der Waals surface area contributed by atoms with Crippen LogP contribution in [0.1, 0.15) is 37.6 Å². The maximum Gasteiger partial charge on any atom is 0.407 e. The van der Waals surface area contributed by atoms with E-state index < -0.39 is 23.6 Å². The Balaban J connectivity index is 2.00. The molecule has 1 fully saturated rings. The molecule has 2 rings (SSSR count). The highest BCUT2D eigenvalue weighted by Crippen LogP contribution is 2.28. The monoisotopic (exact) mass is 392 g/mol. The van der Waals surface area contributed by atoms with E-state index in [0.29, 0.717) is 30.0 Å². The third-order valence-electron chi connectivity index (χ3n) is 4.16. The van der Waals surface area contributed by atoms with Gasteiger partial charge in [-0.2, -0.15) is 0 Å². The molecule has 1 saturated heterocycles. The Morgan fingerprint density at radius 3 is 2.64 bits per heavy atom. The summed E-state index contributed by atoms with van der Waals surface area (Å²) >= 11 is 0. The van der Waals surface area contributed by atoms with E-state index in [-0.39, 0.29) is 12.6 Å². The van der Waals surface area contributed by atoms with E-state index in [4.69, 9.17) is 10.5 Å². The molecule has 1 atom stereocenters. The number of nitrogens with zero attached hydrogens (tertiary/aromatic N) is 1. The van der Waals surface area contributed by atoms with Crippen LogP contribution < -0.4 is 21.3 Å². The molecule has 28 heavy (non-hydrogen) atoms. The largest absolute Gasteiger partial charge is 0.468 e. The fourth-order valence-electron chi connectivity index (χ4n) is 2.86. The summed E-state index contributed by atoms with van der Waals surface area (Å²) in [4.78, 5) is 37.4. The van der Waals surface area contributed by atoms with Gasteiger partial charge in [-0.15, -0.1) is 0 Å². The topological polar surface area (TPSA) is 123 Å². The molecule has 2 amide bonds. The second-order valence-electron chi connectivity index (χ2n) is 7.61. The summed E-state index contributed by atoms with van der Waals surface area (Å²) < 4.78 is 9.79. The first kappa shape index (κ1) is 21.3. The Morgan fingerprint density at radius 2 is 2.00 bits per heavy atom. The van der Waals surface area contributed by atoms with Crippen molar-refractivity contribution in [2.45, 2.75) is 38.8 Å². The number of benzene rings is 1. The van der Waals surface area contributed by atoms with Crippen molar-refractivity contribution >= 4 is 29.3 Å². The minimum absolute atomic E-state index is 0.0777. The summed E-state index contributed by atoms with van der Waals surface area (Å²) in [7, 11) is 1.25. The van der Waals surface area contributed by atoms with E-state index in [9.17, 15) is 14.4 Å². The normalized spacial score (nSPS) is 16.4. The van der Waals surface area contributed by atoms with Crippen molar-refractivity contribution in [3.05, 3.63) is 23.8 Å². The van der Waals surface area contributed by atoms with Crippen LogP contribution in [-0.2, 0) is 14.3 Å². The van der Waals surface area contributed by atoms with E-state index in [1.54, 1.807) is 18.2 Å². The number of methoxy groups -OCH3 is 1. The van der Waals surface area contributed by atoms with Crippen LogP contribution in [-0.4, -0.2) is 56.4 Å². The smallest absolute Gasteiger partial charge is 0.407 e. The molecule has 0 radical (unpaired) electrons. The highest BCUT2D eigenvalue weighted by atomic mass is 16.6. The van der Waals surface area contributed by atoms with Crippen molar-refractivity contribution < 1.29 is 23.9 Å². The fourth-order valence-corrected chi connectivity index (χ4v) is 2.86. The van der Waals surface area contributed by atoms with Gasteiger partial charge in [0.15, 0.2) is 0 Å². The number of amides is 2. The summed E-state index contributed by atoms with van der Waals surface area (Å²) in [5.74, 6) is -0.922. The van der Waals surface area contributed by atoms with Gasteiger partial charge in [-0.05, 0) is 45.4 Å². The number of alkyl carbamates (subject to hydrolysis) is 1. The van der Waals surface area contributed by atoms with Crippen molar-refractivity contribution in [3.63, 3.8) is 0 Å². The number of carbonyl (C=O) groups is 3. The minimum atomic E-state index is -0.557. The van der Waals surface area contributed by atoms with Crippen LogP contribution in [0.3, 0.4) is 0 Å². The van der Waals surface area contributed by atoms with E-state index in [2.05, 4.69) is 15.4 Å². The van der Waals surface area contributed by atoms with Crippen LogP contribution in [0.15, 0.2) is 18.2 Å². The molecule has 9 nitrogen and oxygen atoms in total. The summed E-state index contributed by atoms with van der Waals surface area (Å²) in [5, 5.41) is 5.35. The molecule has 0 aromatic heterocycles. The van der Waals surface area contributed by atoms with Gasteiger partial charge in [0.2, 0.25) is 0 Å². The van der Waals surface area contributed by atoms with Crippen molar-refractivity contribution in [2.24, 2.45) is 0 Å². The zero-order valence-corrected chi connectivity index (χ0v) is 16.7. The molecule has 1 aliphatic heterocycles. The molecule has 1 aromatic carbocycles. The number of anilines is 2. The van der Waals surface area contributed by atoms with Gasteiger partial charge < -0.3 is 30.7 Å². The maximum atomic E-state index is 12.2. The Hall–Kier alpha value is -2.97. The van der Waals surface area contributed by atoms with Crippen molar-refractivity contribution in [3.8, 4) is 0 Å². The Labute approximate surface area is 164 Å². The SMILES string of the molecule is COC(=O)CNC(=O)c1ccc(N)c(N2CC[C@H](NC(=O)OC(C)(C)C)C2)c1. The zero-order valence-electron chi connectivity index (χ0n) is 16.7. The molecular weight excluding hydrogens is 364 g/mol. The maximum absolute atomic E-state index is 12.2. The molecule has 1 heterocycles. The first-order valence-corrected chi connectivity index (χ1v) is 9.08. The van der Waals surface area contributed by atoms with Gasteiger partial charge in [-0.3, -0.25) is 9.59 Å². The van der Waals surface area contributed by atoms with Crippen LogP contribution in [0.2, 0.25) is 0 Å². The average molecular weight is 392 g/mol. The van der Waals surface area contributed by atoms with Gasteiger partial charge >= 0.3 is 12.1 Å². The van der Waals surface area contributed by atoms with E-state index >= 15 is 0 Å². The van der Waals surface area contributed by atoms with Gasteiger partial charge in [0.25, 0.3) is 5.91 Å². The van der Waals surface area contributed by atoms with Crippen LogP contribution in [0.5, 0.6) is 0 Å². The molecule has 0 spiro atoms. The Kier molecular flexibility index (Phi) is 6.71. The van der Waals surface area contributed by atoms with Crippen molar-refractivity contribution in [1.82, 2.24) is 10.6 Å². The lowest BCUT2D eigenvalue weighted by Crippen LogP contribution is -2.40. The molecule has 0 bridgehead atoms. The first-order valence-electron chi connectivity index (χ1n) is 9.08. The molecular formula is C19H28N4O5. The summed E-state index contributed by atoms with van der Waals surface area (Å²) in [6, 6.07) is 4.85. The first-order chi connectivity index (χ1) is 13.1. The number of nitrogens with two attached hydrogens (primary N) is 1. The van der Waals surface area contributed by atoms with Crippen LogP contribution in [0.4, 0.5) is 16.2 Å². The van der Waals surface area contributed by atoms with Gasteiger partial charge in [-0.1, -0.05) is 0 Å². The highest BCUT2D eigenvalue weighted by molar-refractivity contribution is 5.97. The zero-order chi connectivity index (χ0) is 20.9. The van der Waals surface area contributed by atoms with Crippen LogP contribution in [0.25, 0.3) is 0 Å². The average Bonchev–Trinajstić information content (AvgIpc) is 3.06. The number of ether oxygens (including phenoxy) is 2. The molecule has 0 unspecified atom stereocenters. The predicted octanol–water partition coefficient (Wildman–Crippen LogP) is 1.27. The van der Waals surface area contributed by atoms with Gasteiger partial charge in [0.05, 0.1) is 24.5 Å². The van der Waals surface area contributed by atoms with Gasteiger partial charge in [0.1, 0.15) is 12.1 Å². The minimum Gasteiger partial charge on any atom is -0.468 e. The summed E-state index contributed by atoms with van der Waals surface area (Å²) in [5.41, 5.74) is 7.15. The molecule has 1 aromatic rings. The second-order valence-corrected chi connectivity index (χ2v) is 7.61. The number of nitrogens with one attached hydrogen (secondary N) is 2. The molecule has 0 aliphatic carbocycles. The lowest BCUT2D eigenvalue weighted by Gasteiger charge is -2.23. The second kappa shape index (κ2) is 8.81. The third-order valence-corrected chi connectivity index (χ3v) is 4.16. The molecule has 1 aliphatic rings. The van der Waals surface area contributed by atoms with Gasteiger partial charge in [0, 0.05) is 18.7 Å². The third kappa shape index (κ3) is 6.04. The Morgan fingerprint density at radius 1 is 1.29 bits per heavy atom. The number of rotatable bonds is 5. The summed E-state index contributed by atoms with van der Waals surface area (Å²) in [6.45, 7) is 6.45. The van der Waals surface area contributed by atoms with Crippen molar-refractivity contribution in [2.75, 3.05) is 37.4 Å². The number of hydrogen-bond donors (Lipinski definition) is 3. The van der Waals surface area contributed by atoms with Crippen LogP contribution >= 0.6 is 0 Å².